The Morgan fingerprint density at radius 2 is 1.92 bits per heavy atom. The number of hydrogen-bond donors (Lipinski definition) is 1. The normalized spacial score (nSPS) is 10.9. The average Bonchev–Trinajstić information content (AvgIpc) is 2.99. The van der Waals surface area contributed by atoms with Crippen LogP contribution >= 0.6 is 11.3 Å². The van der Waals surface area contributed by atoms with Crippen LogP contribution in [-0.2, 0) is 0 Å². The van der Waals surface area contributed by atoms with Crippen molar-refractivity contribution in [1.82, 2.24) is 0 Å². The standard InChI is InChI=1S/C19H15FN2OS/c1-13-7-9-16(24-13)12-21-18-11-14(20)8-10-17(18)19(23)22-15-5-3-2-4-6-15/h2-12H,1H3,(H,22,23). The second kappa shape index (κ2) is 7.19. The SMILES string of the molecule is Cc1ccc(C=Nc2cc(F)ccc2C(=O)Nc2ccccc2)s1. The summed E-state index contributed by atoms with van der Waals surface area (Å²) in [5.41, 5.74) is 1.30. The molecule has 120 valence electrons. The molecule has 5 heteroatoms. The first-order valence-electron chi connectivity index (χ1n) is 7.38. The van der Waals surface area contributed by atoms with Gasteiger partial charge in [0.05, 0.1) is 11.3 Å². The zero-order chi connectivity index (χ0) is 16.9. The number of anilines is 1. The molecule has 0 saturated heterocycles. The summed E-state index contributed by atoms with van der Waals surface area (Å²) >= 11 is 1.58. The molecule has 1 amide bonds. The first-order valence-corrected chi connectivity index (χ1v) is 8.20. The molecular weight excluding hydrogens is 323 g/mol. The number of benzene rings is 2. The fraction of sp³-hybridized carbons (Fsp3) is 0.0526. The quantitative estimate of drug-likeness (QED) is 0.653. The van der Waals surface area contributed by atoms with Crippen LogP contribution in [0.4, 0.5) is 15.8 Å². The van der Waals surface area contributed by atoms with E-state index in [-0.39, 0.29) is 5.91 Å². The van der Waals surface area contributed by atoms with E-state index in [0.29, 0.717) is 16.9 Å². The Kier molecular flexibility index (Phi) is 4.82. The number of para-hydroxylation sites is 1. The van der Waals surface area contributed by atoms with E-state index < -0.39 is 5.82 Å². The molecule has 1 heterocycles. The van der Waals surface area contributed by atoms with Gasteiger partial charge in [-0.3, -0.25) is 9.79 Å². The topological polar surface area (TPSA) is 41.5 Å². The van der Waals surface area contributed by atoms with E-state index in [9.17, 15) is 9.18 Å². The van der Waals surface area contributed by atoms with Crippen molar-refractivity contribution >= 4 is 34.8 Å². The molecule has 0 fully saturated rings. The van der Waals surface area contributed by atoms with Crippen LogP contribution in [0.3, 0.4) is 0 Å². The van der Waals surface area contributed by atoms with E-state index in [2.05, 4.69) is 10.3 Å². The lowest BCUT2D eigenvalue weighted by molar-refractivity contribution is 0.102. The summed E-state index contributed by atoms with van der Waals surface area (Å²) in [6, 6.07) is 17.0. The Bertz CT molecular complexity index is 887. The molecule has 24 heavy (non-hydrogen) atoms. The van der Waals surface area contributed by atoms with Crippen molar-refractivity contribution in [2.75, 3.05) is 5.32 Å². The number of rotatable bonds is 4. The van der Waals surface area contributed by atoms with Crippen LogP contribution in [0.15, 0.2) is 65.7 Å². The maximum Gasteiger partial charge on any atom is 0.257 e. The number of aliphatic imine (C=N–C) groups is 1. The molecule has 0 unspecified atom stereocenters. The summed E-state index contributed by atoms with van der Waals surface area (Å²) in [5.74, 6) is -0.753. The average molecular weight is 338 g/mol. The second-order valence-electron chi connectivity index (χ2n) is 5.19. The molecule has 0 radical (unpaired) electrons. The Hall–Kier alpha value is -2.79. The number of hydrogen-bond acceptors (Lipinski definition) is 3. The number of nitrogens with one attached hydrogen (secondary N) is 1. The van der Waals surface area contributed by atoms with Gasteiger partial charge in [0.1, 0.15) is 5.82 Å². The molecule has 3 nitrogen and oxygen atoms in total. The van der Waals surface area contributed by atoms with Gasteiger partial charge in [-0.25, -0.2) is 4.39 Å². The van der Waals surface area contributed by atoms with Crippen molar-refractivity contribution in [2.45, 2.75) is 6.92 Å². The summed E-state index contributed by atoms with van der Waals surface area (Å²) in [4.78, 5) is 18.9. The highest BCUT2D eigenvalue weighted by Crippen LogP contribution is 2.23. The van der Waals surface area contributed by atoms with Crippen molar-refractivity contribution in [3.8, 4) is 0 Å². The van der Waals surface area contributed by atoms with Gasteiger partial charge in [0, 0.05) is 27.7 Å². The number of thiophene rings is 1. The predicted octanol–water partition coefficient (Wildman–Crippen LogP) is 5.20. The number of amides is 1. The number of carbonyl (C=O) groups excluding carboxylic acids is 1. The van der Waals surface area contributed by atoms with E-state index in [0.717, 1.165) is 9.75 Å². The Morgan fingerprint density at radius 3 is 2.62 bits per heavy atom. The number of halogens is 1. The highest BCUT2D eigenvalue weighted by molar-refractivity contribution is 7.13. The third-order valence-corrected chi connectivity index (χ3v) is 4.26. The molecule has 0 saturated carbocycles. The smallest absolute Gasteiger partial charge is 0.257 e. The summed E-state index contributed by atoms with van der Waals surface area (Å²) < 4.78 is 13.6. The molecule has 1 aromatic heterocycles. The monoisotopic (exact) mass is 338 g/mol. The molecule has 0 aliphatic rings. The highest BCUT2D eigenvalue weighted by atomic mass is 32.1. The van der Waals surface area contributed by atoms with Crippen LogP contribution in [0.1, 0.15) is 20.1 Å². The van der Waals surface area contributed by atoms with E-state index >= 15 is 0 Å². The fourth-order valence-corrected chi connectivity index (χ4v) is 2.93. The lowest BCUT2D eigenvalue weighted by Crippen LogP contribution is -2.12. The number of aryl methyl sites for hydroxylation is 1. The zero-order valence-electron chi connectivity index (χ0n) is 13.0. The minimum atomic E-state index is -0.430. The minimum absolute atomic E-state index is 0.300. The molecule has 3 aromatic rings. The van der Waals surface area contributed by atoms with Gasteiger partial charge in [-0.2, -0.15) is 0 Å². The minimum Gasteiger partial charge on any atom is -0.322 e. The van der Waals surface area contributed by atoms with Crippen molar-refractivity contribution < 1.29 is 9.18 Å². The van der Waals surface area contributed by atoms with E-state index in [1.807, 2.05) is 37.3 Å². The molecule has 0 atom stereocenters. The summed E-state index contributed by atoms with van der Waals surface area (Å²) in [7, 11) is 0. The zero-order valence-corrected chi connectivity index (χ0v) is 13.8. The van der Waals surface area contributed by atoms with Crippen LogP contribution in [0.2, 0.25) is 0 Å². The van der Waals surface area contributed by atoms with Crippen LogP contribution in [0.25, 0.3) is 0 Å². The molecule has 1 N–H and O–H groups in total. The molecule has 0 aliphatic carbocycles. The molecule has 0 spiro atoms. The van der Waals surface area contributed by atoms with E-state index in [1.165, 1.54) is 18.2 Å². The Labute approximate surface area is 143 Å². The van der Waals surface area contributed by atoms with Crippen molar-refractivity contribution in [2.24, 2.45) is 4.99 Å². The second-order valence-corrected chi connectivity index (χ2v) is 6.51. The van der Waals surface area contributed by atoms with E-state index in [1.54, 1.807) is 29.7 Å². The largest absolute Gasteiger partial charge is 0.322 e. The number of carbonyl (C=O) groups is 1. The first-order chi connectivity index (χ1) is 11.6. The molecule has 2 aromatic carbocycles. The number of nitrogens with zero attached hydrogens (tertiary/aromatic N) is 1. The van der Waals surface area contributed by atoms with Crippen LogP contribution < -0.4 is 5.32 Å². The van der Waals surface area contributed by atoms with Gasteiger partial charge in [0.15, 0.2) is 0 Å². The third kappa shape index (κ3) is 3.94. The molecule has 0 bridgehead atoms. The third-order valence-electron chi connectivity index (χ3n) is 3.33. The van der Waals surface area contributed by atoms with Crippen molar-refractivity contribution in [3.05, 3.63) is 81.8 Å². The van der Waals surface area contributed by atoms with Crippen LogP contribution in [0, 0.1) is 12.7 Å². The van der Waals surface area contributed by atoms with Gasteiger partial charge in [-0.05, 0) is 43.3 Å². The van der Waals surface area contributed by atoms with Crippen LogP contribution in [-0.4, -0.2) is 12.1 Å². The van der Waals surface area contributed by atoms with E-state index in [4.69, 9.17) is 0 Å². The predicted molar refractivity (Wildman–Crippen MR) is 97.1 cm³/mol. The maximum atomic E-state index is 13.6. The molecule has 3 rings (SSSR count). The summed E-state index contributed by atoms with van der Waals surface area (Å²) in [6.07, 6.45) is 1.64. The fourth-order valence-electron chi connectivity index (χ4n) is 2.18. The highest BCUT2D eigenvalue weighted by Gasteiger charge is 2.12. The summed E-state index contributed by atoms with van der Waals surface area (Å²) in [5, 5.41) is 2.79. The molecular formula is C19H15FN2OS. The Balaban J connectivity index is 1.87. The first kappa shape index (κ1) is 16.1. The summed E-state index contributed by atoms with van der Waals surface area (Å²) in [6.45, 7) is 2.00. The lowest BCUT2D eigenvalue weighted by Gasteiger charge is -2.07. The Morgan fingerprint density at radius 1 is 1.12 bits per heavy atom. The van der Waals surface area contributed by atoms with Gasteiger partial charge in [0.2, 0.25) is 0 Å². The van der Waals surface area contributed by atoms with Gasteiger partial charge in [-0.1, -0.05) is 18.2 Å². The van der Waals surface area contributed by atoms with Gasteiger partial charge in [-0.15, -0.1) is 11.3 Å². The van der Waals surface area contributed by atoms with Crippen LogP contribution in [0.5, 0.6) is 0 Å². The maximum absolute atomic E-state index is 13.6. The van der Waals surface area contributed by atoms with Gasteiger partial charge in [0.25, 0.3) is 5.91 Å². The lowest BCUT2D eigenvalue weighted by atomic mass is 10.1. The van der Waals surface area contributed by atoms with Crippen molar-refractivity contribution in [1.29, 1.82) is 0 Å². The van der Waals surface area contributed by atoms with Gasteiger partial charge < -0.3 is 5.32 Å². The van der Waals surface area contributed by atoms with Crippen molar-refractivity contribution in [3.63, 3.8) is 0 Å². The molecule has 0 aliphatic heterocycles. The van der Waals surface area contributed by atoms with Gasteiger partial charge >= 0.3 is 0 Å².